The molecule has 0 spiro atoms. The fourth-order valence-corrected chi connectivity index (χ4v) is 2.39. The highest BCUT2D eigenvalue weighted by atomic mass is 16.5. The van der Waals surface area contributed by atoms with Gasteiger partial charge in [-0.2, -0.15) is 5.10 Å². The lowest BCUT2D eigenvalue weighted by atomic mass is 10.0. The molecule has 0 radical (unpaired) electrons. The van der Waals surface area contributed by atoms with Gasteiger partial charge in [-0.25, -0.2) is 4.79 Å². The van der Waals surface area contributed by atoms with Crippen molar-refractivity contribution in [3.63, 3.8) is 0 Å². The number of H-pyrrole nitrogens is 2. The van der Waals surface area contributed by atoms with Gasteiger partial charge in [0.2, 0.25) is 0 Å². The maximum Gasteiger partial charge on any atom is 0.339 e. The molecule has 0 aliphatic rings. The molecule has 20 heavy (non-hydrogen) atoms. The number of hydrogen-bond acceptors (Lipinski definition) is 3. The maximum atomic E-state index is 11.3. The molecule has 0 aliphatic carbocycles. The van der Waals surface area contributed by atoms with E-state index in [0.29, 0.717) is 11.4 Å². The Labute approximate surface area is 114 Å². The average molecular weight is 271 g/mol. The van der Waals surface area contributed by atoms with Gasteiger partial charge in [-0.15, -0.1) is 0 Å². The Morgan fingerprint density at radius 3 is 2.90 bits per heavy atom. The third kappa shape index (κ3) is 1.73. The summed E-state index contributed by atoms with van der Waals surface area (Å²) in [5.41, 5.74) is 3.24. The molecule has 6 nitrogen and oxygen atoms in total. The van der Waals surface area contributed by atoms with E-state index in [0.717, 1.165) is 22.2 Å². The second-order valence-corrected chi connectivity index (χ2v) is 4.50. The van der Waals surface area contributed by atoms with Crippen LogP contribution in [0, 0.1) is 6.92 Å². The number of nitrogens with one attached hydrogen (secondary N) is 2. The van der Waals surface area contributed by atoms with Crippen LogP contribution in [-0.2, 0) is 0 Å². The summed E-state index contributed by atoms with van der Waals surface area (Å²) >= 11 is 0. The van der Waals surface area contributed by atoms with Gasteiger partial charge < -0.3 is 14.8 Å². The lowest BCUT2D eigenvalue weighted by molar-refractivity contribution is 0.0698. The van der Waals surface area contributed by atoms with Crippen LogP contribution in [0.15, 0.2) is 24.4 Å². The quantitative estimate of drug-likeness (QED) is 0.682. The van der Waals surface area contributed by atoms with Crippen molar-refractivity contribution in [3.8, 4) is 17.0 Å². The molecule has 2 aromatic heterocycles. The highest BCUT2D eigenvalue weighted by Crippen LogP contribution is 2.34. The van der Waals surface area contributed by atoms with Crippen LogP contribution >= 0.6 is 0 Å². The number of hydrogen-bond donors (Lipinski definition) is 3. The largest absolute Gasteiger partial charge is 0.497 e. The number of aryl methyl sites for hydroxylation is 1. The number of rotatable bonds is 3. The van der Waals surface area contributed by atoms with Crippen LogP contribution in [0.25, 0.3) is 22.2 Å². The molecule has 3 rings (SSSR count). The minimum Gasteiger partial charge on any atom is -0.497 e. The molecular weight excluding hydrogens is 258 g/mol. The molecule has 0 saturated heterocycles. The lowest BCUT2D eigenvalue weighted by Gasteiger charge is -2.02. The monoisotopic (exact) mass is 271 g/mol. The van der Waals surface area contributed by atoms with Crippen molar-refractivity contribution in [1.82, 2.24) is 15.2 Å². The van der Waals surface area contributed by atoms with Crippen molar-refractivity contribution in [2.24, 2.45) is 0 Å². The number of carboxylic acid groups (broad SMARTS) is 1. The van der Waals surface area contributed by atoms with Crippen molar-refractivity contribution < 1.29 is 14.6 Å². The molecule has 0 amide bonds. The van der Waals surface area contributed by atoms with Gasteiger partial charge in [-0.05, 0) is 25.1 Å². The molecule has 0 bridgehead atoms. The molecule has 0 atom stereocenters. The highest BCUT2D eigenvalue weighted by molar-refractivity contribution is 6.03. The van der Waals surface area contributed by atoms with Crippen molar-refractivity contribution in [2.75, 3.05) is 7.11 Å². The predicted octanol–water partition coefficient (Wildman–Crippen LogP) is 2.57. The van der Waals surface area contributed by atoms with Crippen LogP contribution < -0.4 is 4.74 Å². The minimum absolute atomic E-state index is 0.150. The van der Waals surface area contributed by atoms with Gasteiger partial charge in [0.15, 0.2) is 0 Å². The Morgan fingerprint density at radius 2 is 2.20 bits per heavy atom. The summed E-state index contributed by atoms with van der Waals surface area (Å²) in [6.45, 7) is 1.90. The molecule has 0 unspecified atom stereocenters. The SMILES string of the molecule is COc1ccc2[nH]c(C)c(-c3[nH]ncc3C(=O)O)c2c1. The number of benzene rings is 1. The van der Waals surface area contributed by atoms with Crippen molar-refractivity contribution in [3.05, 3.63) is 35.7 Å². The Hall–Kier alpha value is -2.76. The van der Waals surface area contributed by atoms with E-state index in [1.807, 2.05) is 25.1 Å². The van der Waals surface area contributed by atoms with E-state index in [9.17, 15) is 9.90 Å². The predicted molar refractivity (Wildman–Crippen MR) is 74.1 cm³/mol. The van der Waals surface area contributed by atoms with Crippen LogP contribution in [0.2, 0.25) is 0 Å². The summed E-state index contributed by atoms with van der Waals surface area (Å²) in [7, 11) is 1.60. The van der Waals surface area contributed by atoms with Gasteiger partial charge in [0.05, 0.1) is 19.0 Å². The van der Waals surface area contributed by atoms with Crippen LogP contribution in [0.4, 0.5) is 0 Å². The van der Waals surface area contributed by atoms with Crippen LogP contribution in [0.1, 0.15) is 16.1 Å². The van der Waals surface area contributed by atoms with Gasteiger partial charge in [0.25, 0.3) is 0 Å². The molecule has 3 aromatic rings. The lowest BCUT2D eigenvalue weighted by Crippen LogP contribution is -1.97. The zero-order chi connectivity index (χ0) is 14.3. The number of aromatic carboxylic acids is 1. The molecule has 1 aromatic carbocycles. The number of aromatic nitrogens is 3. The number of methoxy groups -OCH3 is 1. The third-order valence-electron chi connectivity index (χ3n) is 3.31. The molecule has 102 valence electrons. The highest BCUT2D eigenvalue weighted by Gasteiger charge is 2.19. The third-order valence-corrected chi connectivity index (χ3v) is 3.31. The maximum absolute atomic E-state index is 11.3. The van der Waals surface area contributed by atoms with E-state index in [-0.39, 0.29) is 5.56 Å². The normalized spacial score (nSPS) is 10.9. The first-order valence-electron chi connectivity index (χ1n) is 6.05. The summed E-state index contributed by atoms with van der Waals surface area (Å²) in [6, 6.07) is 5.63. The zero-order valence-corrected chi connectivity index (χ0v) is 11.0. The van der Waals surface area contributed by atoms with Gasteiger partial charge in [-0.3, -0.25) is 5.10 Å². The second-order valence-electron chi connectivity index (χ2n) is 4.50. The fraction of sp³-hybridized carbons (Fsp3) is 0.143. The molecule has 0 fully saturated rings. The fourth-order valence-electron chi connectivity index (χ4n) is 2.39. The van der Waals surface area contributed by atoms with Crippen molar-refractivity contribution in [1.29, 1.82) is 0 Å². The minimum atomic E-state index is -1.01. The smallest absolute Gasteiger partial charge is 0.339 e. The van der Waals surface area contributed by atoms with E-state index in [1.54, 1.807) is 7.11 Å². The van der Waals surface area contributed by atoms with E-state index >= 15 is 0 Å². The first kappa shape index (κ1) is 12.3. The Bertz CT molecular complexity index is 801. The molecule has 0 aliphatic heterocycles. The molecular formula is C14H13N3O3. The first-order valence-corrected chi connectivity index (χ1v) is 6.05. The molecule has 0 saturated carbocycles. The number of nitrogens with zero attached hydrogens (tertiary/aromatic N) is 1. The average Bonchev–Trinajstić information content (AvgIpc) is 3.00. The molecule has 6 heteroatoms. The topological polar surface area (TPSA) is 91.0 Å². The van der Waals surface area contributed by atoms with E-state index < -0.39 is 5.97 Å². The summed E-state index contributed by atoms with van der Waals surface area (Å²) in [6.07, 6.45) is 1.32. The second kappa shape index (κ2) is 4.41. The first-order chi connectivity index (χ1) is 9.61. The molecule has 2 heterocycles. The number of aromatic amines is 2. The Balaban J connectivity index is 2.32. The number of carboxylic acids is 1. The van der Waals surface area contributed by atoms with Gasteiger partial charge in [-0.1, -0.05) is 0 Å². The molecule has 3 N–H and O–H groups in total. The van der Waals surface area contributed by atoms with Crippen molar-refractivity contribution in [2.45, 2.75) is 6.92 Å². The standard InChI is InChI=1S/C14H13N3O3/c1-7-12(13-10(14(18)19)6-15-17-13)9-5-8(20-2)3-4-11(9)16-7/h3-6,16H,1-2H3,(H,15,17)(H,18,19). The van der Waals surface area contributed by atoms with Gasteiger partial charge in [0, 0.05) is 22.2 Å². The van der Waals surface area contributed by atoms with Crippen LogP contribution in [0.5, 0.6) is 5.75 Å². The summed E-state index contributed by atoms with van der Waals surface area (Å²) in [4.78, 5) is 14.5. The van der Waals surface area contributed by atoms with E-state index in [2.05, 4.69) is 15.2 Å². The number of fused-ring (bicyclic) bond motifs is 1. The van der Waals surface area contributed by atoms with E-state index in [4.69, 9.17) is 4.74 Å². The van der Waals surface area contributed by atoms with E-state index in [1.165, 1.54) is 6.20 Å². The Kier molecular flexibility index (Phi) is 2.71. The summed E-state index contributed by atoms with van der Waals surface area (Å²) in [5.74, 6) is -0.292. The van der Waals surface area contributed by atoms with Gasteiger partial charge in [0.1, 0.15) is 11.3 Å². The van der Waals surface area contributed by atoms with Crippen LogP contribution in [0.3, 0.4) is 0 Å². The van der Waals surface area contributed by atoms with Gasteiger partial charge >= 0.3 is 5.97 Å². The number of ether oxygens (including phenoxy) is 1. The zero-order valence-electron chi connectivity index (χ0n) is 11.0. The van der Waals surface area contributed by atoms with Crippen LogP contribution in [-0.4, -0.2) is 33.4 Å². The number of carbonyl (C=O) groups is 1. The Morgan fingerprint density at radius 1 is 1.40 bits per heavy atom. The van der Waals surface area contributed by atoms with Crippen molar-refractivity contribution >= 4 is 16.9 Å². The summed E-state index contributed by atoms with van der Waals surface area (Å²) < 4.78 is 5.23. The summed E-state index contributed by atoms with van der Waals surface area (Å²) in [5, 5.41) is 16.7.